The molecule has 0 aromatic heterocycles. The van der Waals surface area contributed by atoms with Crippen LogP contribution >= 0.6 is 0 Å². The first kappa shape index (κ1) is 44.1. The molecule has 1 aliphatic heterocycles. The van der Waals surface area contributed by atoms with Gasteiger partial charge in [-0.3, -0.25) is 43.3 Å². The normalized spacial score (nSPS) is 17.4. The predicted octanol–water partition coefficient (Wildman–Crippen LogP) is 4.14. The van der Waals surface area contributed by atoms with E-state index in [1.165, 1.54) is 4.90 Å². The van der Waals surface area contributed by atoms with Crippen molar-refractivity contribution in [3.8, 4) is 0 Å². The highest BCUT2D eigenvalue weighted by Gasteiger charge is 2.49. The van der Waals surface area contributed by atoms with Crippen molar-refractivity contribution < 1.29 is 43.1 Å². The van der Waals surface area contributed by atoms with E-state index in [0.717, 1.165) is 12.0 Å². The lowest BCUT2D eigenvalue weighted by atomic mass is 9.69. The largest absolute Gasteiger partial charge is 0.349 e. The smallest absolute Gasteiger partial charge is 0.233 e. The van der Waals surface area contributed by atoms with Gasteiger partial charge in [-0.1, -0.05) is 78.3 Å². The van der Waals surface area contributed by atoms with Crippen molar-refractivity contribution in [2.24, 2.45) is 16.7 Å². The fourth-order valence-electron chi connectivity index (χ4n) is 6.69. The summed E-state index contributed by atoms with van der Waals surface area (Å²) in [6.07, 6.45) is 3.91. The van der Waals surface area contributed by atoms with Gasteiger partial charge in [-0.25, -0.2) is 0 Å². The number of hydrogen-bond donors (Lipinski definition) is 3. The molecule has 1 saturated carbocycles. The molecule has 3 N–H and O–H groups in total. The van der Waals surface area contributed by atoms with Crippen molar-refractivity contribution in [1.29, 1.82) is 0 Å². The first-order chi connectivity index (χ1) is 25.3. The predicted molar refractivity (Wildman–Crippen MR) is 201 cm³/mol. The van der Waals surface area contributed by atoms with Crippen LogP contribution in [0.25, 0.3) is 0 Å². The van der Waals surface area contributed by atoms with E-state index >= 15 is 0 Å². The van der Waals surface area contributed by atoms with Gasteiger partial charge in [0, 0.05) is 50.5 Å². The number of benzene rings is 1. The minimum Gasteiger partial charge on any atom is -0.349 e. The molecule has 5 amide bonds. The SMILES string of the molecule is CC(C)(C)C(=O)C1(OCNC(=O)CCC(=O)[C@H](Cc2ccccc2)NC(=O)CCC(=O)CNC(=O)CCCCCN2C(=O)CC(C(C)(C)C)C2=O)CCC1. The number of ether oxygens (including phenoxy) is 1. The monoisotopic (exact) mass is 752 g/mol. The maximum Gasteiger partial charge on any atom is 0.233 e. The number of likely N-dealkylation sites (tertiary alicyclic amines) is 1. The molecule has 3 rings (SSSR count). The van der Waals surface area contributed by atoms with Crippen LogP contribution in [0.15, 0.2) is 30.3 Å². The van der Waals surface area contributed by atoms with E-state index in [1.54, 1.807) is 0 Å². The van der Waals surface area contributed by atoms with Crippen LogP contribution in [-0.4, -0.2) is 83.2 Å². The van der Waals surface area contributed by atoms with Crippen LogP contribution in [0.4, 0.5) is 0 Å². The summed E-state index contributed by atoms with van der Waals surface area (Å²) in [5.41, 5.74) is -0.926. The van der Waals surface area contributed by atoms with Gasteiger partial charge in [0.25, 0.3) is 0 Å². The van der Waals surface area contributed by atoms with Gasteiger partial charge in [0.05, 0.1) is 18.5 Å². The zero-order valence-corrected chi connectivity index (χ0v) is 33.0. The van der Waals surface area contributed by atoms with E-state index in [1.807, 2.05) is 71.9 Å². The third-order valence-electron chi connectivity index (χ3n) is 10.2. The molecule has 2 atom stereocenters. The summed E-state index contributed by atoms with van der Waals surface area (Å²) in [6, 6.07) is 8.22. The Morgan fingerprint density at radius 1 is 0.815 bits per heavy atom. The molecule has 13 nitrogen and oxygen atoms in total. The summed E-state index contributed by atoms with van der Waals surface area (Å²) in [7, 11) is 0. The van der Waals surface area contributed by atoms with Crippen LogP contribution in [0.2, 0.25) is 0 Å². The highest BCUT2D eigenvalue weighted by Crippen LogP contribution is 2.41. The standard InChI is InChI=1S/C41H60N4O9/c1-39(2,3)30-25-36(51)45(37(30)52)23-12-8-11-16-33(48)42-26-29(46)17-19-35(50)44-31(24-28-14-9-7-10-15-28)32(47)18-20-34(49)43-27-54-41(21-13-22-41)38(53)40(4,5)6/h7,9-10,14-15,30-31H,8,11-13,16-27H2,1-6H3,(H,42,48)(H,43,49)(H,44,50)/t30?,31-/m0/s1. The molecule has 1 aromatic rings. The molecule has 1 heterocycles. The number of rotatable bonds is 22. The molecule has 0 bridgehead atoms. The number of unbranched alkanes of at least 4 members (excludes halogenated alkanes) is 2. The number of nitrogens with one attached hydrogen (secondary N) is 3. The first-order valence-corrected chi connectivity index (χ1v) is 19.3. The number of carbonyl (C=O) groups excluding carboxylic acids is 8. The Morgan fingerprint density at radius 3 is 2.06 bits per heavy atom. The van der Waals surface area contributed by atoms with E-state index < -0.39 is 28.9 Å². The number of nitrogens with zero attached hydrogens (tertiary/aromatic N) is 1. The molecule has 13 heteroatoms. The van der Waals surface area contributed by atoms with E-state index in [4.69, 9.17) is 4.74 Å². The summed E-state index contributed by atoms with van der Waals surface area (Å²) in [6.45, 7) is 11.3. The van der Waals surface area contributed by atoms with E-state index in [0.29, 0.717) is 38.6 Å². The molecular formula is C41H60N4O9. The maximum atomic E-state index is 13.2. The lowest BCUT2D eigenvalue weighted by Crippen LogP contribution is -2.54. The number of hydrogen-bond acceptors (Lipinski definition) is 9. The topological polar surface area (TPSA) is 185 Å². The maximum absolute atomic E-state index is 13.2. The summed E-state index contributed by atoms with van der Waals surface area (Å²) < 4.78 is 5.85. The average Bonchev–Trinajstić information content (AvgIpc) is 3.38. The number of amides is 5. The molecule has 2 fully saturated rings. The van der Waals surface area contributed by atoms with Crippen LogP contribution in [0.3, 0.4) is 0 Å². The van der Waals surface area contributed by atoms with Crippen LogP contribution < -0.4 is 16.0 Å². The van der Waals surface area contributed by atoms with E-state index in [9.17, 15) is 38.4 Å². The van der Waals surface area contributed by atoms with Crippen LogP contribution in [0, 0.1) is 16.7 Å². The molecule has 1 unspecified atom stereocenters. The fourth-order valence-corrected chi connectivity index (χ4v) is 6.69. The average molecular weight is 753 g/mol. The lowest BCUT2D eigenvalue weighted by molar-refractivity contribution is -0.168. The van der Waals surface area contributed by atoms with Crippen LogP contribution in [0.1, 0.15) is 124 Å². The van der Waals surface area contributed by atoms with Gasteiger partial charge in [0.15, 0.2) is 17.3 Å². The Labute approximate surface area is 319 Å². The number of ketones is 3. The zero-order valence-electron chi connectivity index (χ0n) is 33.0. The Balaban J connectivity index is 1.36. The van der Waals surface area contributed by atoms with Crippen LogP contribution in [-0.2, 0) is 49.5 Å². The van der Waals surface area contributed by atoms with E-state index in [-0.39, 0.29) is 105 Å². The highest BCUT2D eigenvalue weighted by atomic mass is 16.5. The molecule has 0 spiro atoms. The molecule has 1 aromatic carbocycles. The Kier molecular flexibility index (Phi) is 16.3. The third-order valence-corrected chi connectivity index (χ3v) is 10.2. The van der Waals surface area contributed by atoms with Crippen molar-refractivity contribution in [2.75, 3.05) is 19.8 Å². The van der Waals surface area contributed by atoms with Crippen molar-refractivity contribution in [3.63, 3.8) is 0 Å². The van der Waals surface area contributed by atoms with Crippen LogP contribution in [0.5, 0.6) is 0 Å². The summed E-state index contributed by atoms with van der Waals surface area (Å²) in [5, 5.41) is 7.94. The summed E-state index contributed by atoms with van der Waals surface area (Å²) in [4.78, 5) is 103. The van der Waals surface area contributed by atoms with Crippen molar-refractivity contribution in [2.45, 2.75) is 137 Å². The van der Waals surface area contributed by atoms with Gasteiger partial charge < -0.3 is 20.7 Å². The molecular weight excluding hydrogens is 692 g/mol. The van der Waals surface area contributed by atoms with E-state index in [2.05, 4.69) is 16.0 Å². The van der Waals surface area contributed by atoms with Gasteiger partial charge in [-0.2, -0.15) is 0 Å². The lowest BCUT2D eigenvalue weighted by Gasteiger charge is -2.43. The minimum absolute atomic E-state index is 0.00225. The molecule has 298 valence electrons. The molecule has 1 aliphatic carbocycles. The van der Waals surface area contributed by atoms with Crippen molar-refractivity contribution in [1.82, 2.24) is 20.9 Å². The fraction of sp³-hybridized carbons (Fsp3) is 0.659. The number of imide groups is 1. The molecule has 54 heavy (non-hydrogen) atoms. The van der Waals surface area contributed by atoms with Crippen molar-refractivity contribution >= 4 is 46.9 Å². The third kappa shape index (κ3) is 13.5. The molecule has 1 saturated heterocycles. The minimum atomic E-state index is -0.914. The number of carbonyl (C=O) groups is 8. The van der Waals surface area contributed by atoms with Gasteiger partial charge in [0.1, 0.15) is 12.3 Å². The van der Waals surface area contributed by atoms with Crippen molar-refractivity contribution in [3.05, 3.63) is 35.9 Å². The highest BCUT2D eigenvalue weighted by molar-refractivity contribution is 6.04. The first-order valence-electron chi connectivity index (χ1n) is 19.3. The second-order valence-corrected chi connectivity index (χ2v) is 16.7. The summed E-state index contributed by atoms with van der Waals surface area (Å²) >= 11 is 0. The number of Topliss-reactive ketones (excluding diaryl/α,β-unsaturated/α-hetero) is 3. The molecule has 0 radical (unpaired) electrons. The van der Waals surface area contributed by atoms with Gasteiger partial charge in [-0.05, 0) is 49.5 Å². The summed E-state index contributed by atoms with van der Waals surface area (Å²) in [5.74, 6) is -2.49. The Morgan fingerprint density at radius 2 is 1.46 bits per heavy atom. The van der Waals surface area contributed by atoms with Gasteiger partial charge >= 0.3 is 0 Å². The second kappa shape index (κ2) is 19.9. The second-order valence-electron chi connectivity index (χ2n) is 16.7. The quantitative estimate of drug-likeness (QED) is 0.0890. The van der Waals surface area contributed by atoms with Gasteiger partial charge in [0.2, 0.25) is 29.5 Å². The Hall–Kier alpha value is -4.26. The molecule has 2 aliphatic rings. The Bertz CT molecular complexity index is 1520. The zero-order chi connectivity index (χ0) is 40.1. The van der Waals surface area contributed by atoms with Gasteiger partial charge in [-0.15, -0.1) is 0 Å².